The molecule has 0 atom stereocenters. The Labute approximate surface area is 140 Å². The number of benzene rings is 1. The highest BCUT2D eigenvalue weighted by molar-refractivity contribution is 7.15. The van der Waals surface area contributed by atoms with Crippen LogP contribution in [-0.4, -0.2) is 20.1 Å². The van der Waals surface area contributed by atoms with Crippen molar-refractivity contribution in [2.24, 2.45) is 0 Å². The minimum atomic E-state index is -0.166. The lowest BCUT2D eigenvalue weighted by Crippen LogP contribution is -2.18. The van der Waals surface area contributed by atoms with Crippen LogP contribution in [0.3, 0.4) is 0 Å². The largest absolute Gasteiger partial charge is 0.300 e. The Hall–Kier alpha value is -2.06. The molecule has 1 N–H and O–H groups in total. The maximum Gasteiger partial charge on any atom is 0.268 e. The first-order chi connectivity index (χ1) is 11.0. The summed E-state index contributed by atoms with van der Waals surface area (Å²) in [5.74, 6) is 0.121. The third-order valence-electron chi connectivity index (χ3n) is 3.28. The smallest absolute Gasteiger partial charge is 0.268 e. The van der Waals surface area contributed by atoms with Gasteiger partial charge in [-0.2, -0.15) is 0 Å². The highest BCUT2D eigenvalue weighted by Gasteiger charge is 2.12. The van der Waals surface area contributed by atoms with Gasteiger partial charge in [-0.3, -0.25) is 13.5 Å². The van der Waals surface area contributed by atoms with Crippen molar-refractivity contribution in [3.63, 3.8) is 0 Å². The first-order valence-electron chi connectivity index (χ1n) is 7.26. The molecule has 0 aliphatic rings. The van der Waals surface area contributed by atoms with Crippen molar-refractivity contribution in [2.45, 2.75) is 32.7 Å². The maximum absolute atomic E-state index is 12.2. The van der Waals surface area contributed by atoms with Gasteiger partial charge in [-0.15, -0.1) is 10.2 Å². The number of carbonyl (C=O) groups excluding carboxylic acids is 1. The average molecular weight is 348 g/mol. The van der Waals surface area contributed by atoms with E-state index in [1.807, 2.05) is 32.0 Å². The summed E-state index contributed by atoms with van der Waals surface area (Å²) in [5.41, 5.74) is -0.0450. The summed E-state index contributed by atoms with van der Waals surface area (Å²) < 4.78 is 2.55. The fourth-order valence-corrected chi connectivity index (χ4v) is 3.82. The van der Waals surface area contributed by atoms with Gasteiger partial charge in [0.05, 0.1) is 10.1 Å². The van der Waals surface area contributed by atoms with Gasteiger partial charge in [-0.25, -0.2) is 0 Å². The van der Waals surface area contributed by atoms with Gasteiger partial charge in [0.25, 0.3) is 5.56 Å². The van der Waals surface area contributed by atoms with Crippen LogP contribution in [0.2, 0.25) is 0 Å². The predicted molar refractivity (Wildman–Crippen MR) is 93.3 cm³/mol. The molecule has 120 valence electrons. The van der Waals surface area contributed by atoms with Crippen LogP contribution in [0.5, 0.6) is 0 Å². The molecule has 2 aromatic heterocycles. The molecule has 0 bridgehead atoms. The lowest BCUT2D eigenvalue weighted by atomic mass is 10.2. The Balaban J connectivity index is 1.63. The number of fused-ring (bicyclic) bond motifs is 1. The van der Waals surface area contributed by atoms with Gasteiger partial charge in [-0.1, -0.05) is 48.8 Å². The van der Waals surface area contributed by atoms with Gasteiger partial charge in [0, 0.05) is 18.9 Å². The summed E-state index contributed by atoms with van der Waals surface area (Å²) in [6.45, 7) is 4.42. The minimum Gasteiger partial charge on any atom is -0.300 e. The van der Waals surface area contributed by atoms with Crippen molar-refractivity contribution in [1.82, 2.24) is 14.2 Å². The predicted octanol–water partition coefficient (Wildman–Crippen LogP) is 3.07. The maximum atomic E-state index is 12.2. The molecular formula is C15H16N4O2S2. The summed E-state index contributed by atoms with van der Waals surface area (Å²) in [6.07, 6.45) is 0.226. The fraction of sp³-hybridized carbons (Fsp3) is 0.333. The summed E-state index contributed by atoms with van der Waals surface area (Å²) in [4.78, 5) is 24.2. The molecule has 3 aromatic rings. The SMILES string of the molecule is CC(C)c1nnc(NC(=O)CCn2sc3ccccc3c2=O)s1. The molecule has 0 aliphatic heterocycles. The number of hydrogen-bond donors (Lipinski definition) is 1. The number of carbonyl (C=O) groups is 1. The highest BCUT2D eigenvalue weighted by atomic mass is 32.1. The molecule has 1 aromatic carbocycles. The third kappa shape index (κ3) is 3.48. The molecule has 2 heterocycles. The van der Waals surface area contributed by atoms with E-state index in [2.05, 4.69) is 15.5 Å². The van der Waals surface area contributed by atoms with Crippen LogP contribution in [0.25, 0.3) is 10.1 Å². The Kier molecular flexibility index (Phi) is 4.53. The molecule has 0 aliphatic carbocycles. The number of nitrogens with zero attached hydrogens (tertiary/aromatic N) is 3. The zero-order valence-electron chi connectivity index (χ0n) is 12.8. The van der Waals surface area contributed by atoms with E-state index < -0.39 is 0 Å². The van der Waals surface area contributed by atoms with E-state index in [0.29, 0.717) is 17.1 Å². The molecule has 3 rings (SSSR count). The Morgan fingerprint density at radius 3 is 2.78 bits per heavy atom. The number of nitrogens with one attached hydrogen (secondary N) is 1. The van der Waals surface area contributed by atoms with Gasteiger partial charge in [0.1, 0.15) is 5.01 Å². The van der Waals surface area contributed by atoms with Crippen LogP contribution < -0.4 is 10.9 Å². The normalized spacial score (nSPS) is 11.3. The second kappa shape index (κ2) is 6.59. The van der Waals surface area contributed by atoms with E-state index in [1.165, 1.54) is 22.9 Å². The Morgan fingerprint density at radius 2 is 2.09 bits per heavy atom. The second-order valence-corrected chi connectivity index (χ2v) is 7.47. The van der Waals surface area contributed by atoms with Crippen molar-refractivity contribution in [3.8, 4) is 0 Å². The van der Waals surface area contributed by atoms with Crippen molar-refractivity contribution in [3.05, 3.63) is 39.6 Å². The number of anilines is 1. The lowest BCUT2D eigenvalue weighted by Gasteiger charge is -2.01. The van der Waals surface area contributed by atoms with Gasteiger partial charge in [-0.05, 0) is 12.1 Å². The molecule has 0 fully saturated rings. The third-order valence-corrected chi connectivity index (χ3v) is 5.54. The van der Waals surface area contributed by atoms with Gasteiger partial charge >= 0.3 is 0 Å². The van der Waals surface area contributed by atoms with Gasteiger partial charge in [0.2, 0.25) is 11.0 Å². The number of rotatable bonds is 5. The zero-order valence-corrected chi connectivity index (χ0v) is 14.4. The van der Waals surface area contributed by atoms with Crippen LogP contribution in [0, 0.1) is 0 Å². The Bertz CT molecular complexity index is 894. The molecule has 1 amide bonds. The Morgan fingerprint density at radius 1 is 1.30 bits per heavy atom. The summed E-state index contributed by atoms with van der Waals surface area (Å²) in [7, 11) is 0. The van der Waals surface area contributed by atoms with Crippen LogP contribution in [0.4, 0.5) is 5.13 Å². The standard InChI is InChI=1S/C15H16N4O2S2/c1-9(2)13-17-18-15(22-13)16-12(20)7-8-19-14(21)10-5-3-4-6-11(10)23-19/h3-6,9H,7-8H2,1-2H3,(H,16,18,20). The molecule has 0 radical (unpaired) electrons. The van der Waals surface area contributed by atoms with E-state index in [9.17, 15) is 9.59 Å². The van der Waals surface area contributed by atoms with Crippen LogP contribution in [0.15, 0.2) is 29.1 Å². The molecule has 6 nitrogen and oxygen atoms in total. The fourth-order valence-electron chi connectivity index (χ4n) is 2.07. The molecular weight excluding hydrogens is 332 g/mol. The van der Waals surface area contributed by atoms with Crippen LogP contribution in [0.1, 0.15) is 31.2 Å². The number of aryl methyl sites for hydroxylation is 1. The first-order valence-corrected chi connectivity index (χ1v) is 8.85. The van der Waals surface area contributed by atoms with Crippen LogP contribution in [-0.2, 0) is 11.3 Å². The van der Waals surface area contributed by atoms with Crippen molar-refractivity contribution in [2.75, 3.05) is 5.32 Å². The molecule has 23 heavy (non-hydrogen) atoms. The van der Waals surface area contributed by atoms with Gasteiger partial charge in [0.15, 0.2) is 0 Å². The second-order valence-electron chi connectivity index (χ2n) is 5.39. The molecule has 0 unspecified atom stereocenters. The molecule has 8 heteroatoms. The van der Waals surface area contributed by atoms with E-state index in [4.69, 9.17) is 0 Å². The van der Waals surface area contributed by atoms with E-state index in [1.54, 1.807) is 10.0 Å². The van der Waals surface area contributed by atoms with Crippen molar-refractivity contribution >= 4 is 44.0 Å². The summed E-state index contributed by atoms with van der Waals surface area (Å²) >= 11 is 2.76. The summed E-state index contributed by atoms with van der Waals surface area (Å²) in [5, 5.41) is 12.8. The molecule has 0 spiro atoms. The number of hydrogen-bond acceptors (Lipinski definition) is 6. The topological polar surface area (TPSA) is 76.9 Å². The average Bonchev–Trinajstić information content (AvgIpc) is 3.11. The van der Waals surface area contributed by atoms with E-state index in [-0.39, 0.29) is 23.8 Å². The zero-order chi connectivity index (χ0) is 16.4. The highest BCUT2D eigenvalue weighted by Crippen LogP contribution is 2.22. The lowest BCUT2D eigenvalue weighted by molar-refractivity contribution is -0.116. The minimum absolute atomic E-state index is 0.0450. The number of aromatic nitrogens is 3. The molecule has 0 saturated heterocycles. The quantitative estimate of drug-likeness (QED) is 0.769. The first kappa shape index (κ1) is 15.8. The molecule has 0 saturated carbocycles. The monoisotopic (exact) mass is 348 g/mol. The van der Waals surface area contributed by atoms with Crippen molar-refractivity contribution < 1.29 is 4.79 Å². The number of amides is 1. The van der Waals surface area contributed by atoms with Gasteiger partial charge < -0.3 is 5.32 Å². The van der Waals surface area contributed by atoms with E-state index in [0.717, 1.165) is 9.71 Å². The van der Waals surface area contributed by atoms with Crippen LogP contribution >= 0.6 is 22.9 Å². The van der Waals surface area contributed by atoms with E-state index >= 15 is 0 Å². The summed E-state index contributed by atoms with van der Waals surface area (Å²) in [6, 6.07) is 7.46. The van der Waals surface area contributed by atoms with Crippen molar-refractivity contribution in [1.29, 1.82) is 0 Å².